The number of hydrogen-bond donors (Lipinski definition) is 1. The van der Waals surface area contributed by atoms with Gasteiger partial charge in [-0.3, -0.25) is 19.1 Å². The van der Waals surface area contributed by atoms with Crippen molar-refractivity contribution in [1.82, 2.24) is 25.1 Å². The van der Waals surface area contributed by atoms with Crippen LogP contribution in [-0.2, 0) is 14.3 Å². The van der Waals surface area contributed by atoms with Gasteiger partial charge in [0.25, 0.3) is 0 Å². The van der Waals surface area contributed by atoms with Crippen molar-refractivity contribution in [3.63, 3.8) is 0 Å². The minimum Gasteiger partial charge on any atom is -0.469 e. The number of pyridine rings is 1. The Morgan fingerprint density at radius 1 is 1.31 bits per heavy atom. The van der Waals surface area contributed by atoms with Crippen LogP contribution in [0.25, 0.3) is 11.4 Å². The molecule has 0 saturated heterocycles. The molecule has 0 aromatic carbocycles. The Morgan fingerprint density at radius 2 is 2.08 bits per heavy atom. The van der Waals surface area contributed by atoms with E-state index in [2.05, 4.69) is 29.8 Å². The van der Waals surface area contributed by atoms with Gasteiger partial charge >= 0.3 is 5.97 Å². The van der Waals surface area contributed by atoms with Crippen LogP contribution >= 0.6 is 11.8 Å². The fourth-order valence-electron chi connectivity index (χ4n) is 2.48. The smallest absolute Gasteiger partial charge is 0.305 e. The van der Waals surface area contributed by atoms with E-state index >= 15 is 0 Å². The van der Waals surface area contributed by atoms with Crippen molar-refractivity contribution in [3.8, 4) is 11.4 Å². The molecular weight excluding hydrogens is 354 g/mol. The molecule has 2 heterocycles. The first kappa shape index (κ1) is 18.4. The third-order valence-electron chi connectivity index (χ3n) is 3.95. The highest BCUT2D eigenvalue weighted by atomic mass is 32.2. The number of esters is 1. The molecule has 0 atom stereocenters. The van der Waals surface area contributed by atoms with E-state index in [9.17, 15) is 9.59 Å². The quantitative estimate of drug-likeness (QED) is 0.405. The van der Waals surface area contributed by atoms with Crippen molar-refractivity contribution in [1.29, 1.82) is 0 Å². The average molecular weight is 375 g/mol. The van der Waals surface area contributed by atoms with Gasteiger partial charge in [-0.1, -0.05) is 11.8 Å². The summed E-state index contributed by atoms with van der Waals surface area (Å²) in [5.74, 6) is 0.723. The van der Waals surface area contributed by atoms with Crippen molar-refractivity contribution >= 4 is 23.6 Å². The first-order valence-electron chi connectivity index (χ1n) is 8.50. The lowest BCUT2D eigenvalue weighted by Crippen LogP contribution is -2.26. The highest BCUT2D eigenvalue weighted by Crippen LogP contribution is 2.40. The molecule has 0 radical (unpaired) electrons. The second-order valence-electron chi connectivity index (χ2n) is 5.96. The molecule has 1 saturated carbocycles. The number of carbonyl (C=O) groups is 2. The summed E-state index contributed by atoms with van der Waals surface area (Å²) in [7, 11) is 1.35. The van der Waals surface area contributed by atoms with E-state index in [0.717, 1.165) is 29.4 Å². The van der Waals surface area contributed by atoms with Crippen molar-refractivity contribution in [2.24, 2.45) is 0 Å². The predicted octanol–water partition coefficient (Wildman–Crippen LogP) is 1.84. The van der Waals surface area contributed by atoms with Crippen LogP contribution < -0.4 is 5.32 Å². The predicted molar refractivity (Wildman–Crippen MR) is 96.5 cm³/mol. The van der Waals surface area contributed by atoms with Crippen LogP contribution in [0, 0.1) is 0 Å². The lowest BCUT2D eigenvalue weighted by atomic mass is 10.2. The third-order valence-corrected chi connectivity index (χ3v) is 4.90. The standard InChI is InChI=1S/C17H21N5O3S/c1-25-15(24)3-2-8-19-14(23)11-26-17-21-20-16(22(17)13-4-5-13)12-6-9-18-10-7-12/h6-7,9-10,13H,2-5,8,11H2,1H3,(H,19,23). The summed E-state index contributed by atoms with van der Waals surface area (Å²) >= 11 is 1.38. The van der Waals surface area contributed by atoms with Gasteiger partial charge in [-0.25, -0.2) is 0 Å². The summed E-state index contributed by atoms with van der Waals surface area (Å²) in [6, 6.07) is 4.22. The molecule has 1 N–H and O–H groups in total. The fraction of sp³-hybridized carbons (Fsp3) is 0.471. The summed E-state index contributed by atoms with van der Waals surface area (Å²) in [6.45, 7) is 0.450. The van der Waals surface area contributed by atoms with Gasteiger partial charge in [0.1, 0.15) is 0 Å². The van der Waals surface area contributed by atoms with Gasteiger partial charge in [0.2, 0.25) is 5.91 Å². The van der Waals surface area contributed by atoms with Crippen molar-refractivity contribution in [2.75, 3.05) is 19.4 Å². The van der Waals surface area contributed by atoms with E-state index in [1.165, 1.54) is 18.9 Å². The van der Waals surface area contributed by atoms with Gasteiger partial charge in [0.05, 0.1) is 12.9 Å². The average Bonchev–Trinajstić information content (AvgIpc) is 3.43. The van der Waals surface area contributed by atoms with E-state index < -0.39 is 0 Å². The monoisotopic (exact) mass is 375 g/mol. The Labute approximate surface area is 155 Å². The Hall–Kier alpha value is -2.42. The number of amides is 1. The van der Waals surface area contributed by atoms with Crippen LogP contribution in [0.5, 0.6) is 0 Å². The minimum absolute atomic E-state index is 0.0873. The molecule has 2 aromatic heterocycles. The molecule has 1 amide bonds. The molecule has 9 heteroatoms. The van der Waals surface area contributed by atoms with Gasteiger partial charge < -0.3 is 10.1 Å². The molecule has 0 bridgehead atoms. The topological polar surface area (TPSA) is 99.0 Å². The van der Waals surface area contributed by atoms with E-state index in [1.54, 1.807) is 12.4 Å². The highest BCUT2D eigenvalue weighted by Gasteiger charge is 2.30. The van der Waals surface area contributed by atoms with E-state index in [4.69, 9.17) is 0 Å². The van der Waals surface area contributed by atoms with Gasteiger partial charge in [-0.05, 0) is 31.4 Å². The zero-order chi connectivity index (χ0) is 18.4. The van der Waals surface area contributed by atoms with Crippen LogP contribution in [0.2, 0.25) is 0 Å². The molecule has 0 aliphatic heterocycles. The van der Waals surface area contributed by atoms with Gasteiger partial charge in [-0.2, -0.15) is 0 Å². The molecule has 1 fully saturated rings. The molecule has 1 aliphatic rings. The number of carbonyl (C=O) groups excluding carboxylic acids is 2. The number of nitrogens with zero attached hydrogens (tertiary/aromatic N) is 4. The van der Waals surface area contributed by atoms with Crippen LogP contribution in [0.3, 0.4) is 0 Å². The fourth-order valence-corrected chi connectivity index (χ4v) is 3.31. The Balaban J connectivity index is 1.54. The second kappa shape index (κ2) is 8.79. The zero-order valence-electron chi connectivity index (χ0n) is 14.6. The molecule has 138 valence electrons. The first-order valence-corrected chi connectivity index (χ1v) is 9.49. The molecule has 8 nitrogen and oxygen atoms in total. The Kier molecular flexibility index (Phi) is 6.21. The van der Waals surface area contributed by atoms with Crippen molar-refractivity contribution in [2.45, 2.75) is 36.9 Å². The minimum atomic E-state index is -0.269. The number of rotatable bonds is 9. The SMILES string of the molecule is COC(=O)CCCNC(=O)CSc1nnc(-c2ccncc2)n1C1CC1. The number of ether oxygens (including phenoxy) is 1. The van der Waals surface area contributed by atoms with E-state index in [-0.39, 0.29) is 17.6 Å². The summed E-state index contributed by atoms with van der Waals surface area (Å²) in [5.41, 5.74) is 0.971. The Bertz CT molecular complexity index is 761. The zero-order valence-corrected chi connectivity index (χ0v) is 15.4. The third kappa shape index (κ3) is 4.81. The largest absolute Gasteiger partial charge is 0.469 e. The van der Waals surface area contributed by atoms with Crippen LogP contribution in [-0.4, -0.2) is 51.0 Å². The summed E-state index contributed by atoms with van der Waals surface area (Å²) in [5, 5.41) is 12.1. The highest BCUT2D eigenvalue weighted by molar-refractivity contribution is 7.99. The first-order chi connectivity index (χ1) is 12.7. The number of methoxy groups -OCH3 is 1. The summed E-state index contributed by atoms with van der Waals surface area (Å²) in [6.07, 6.45) is 6.53. The molecule has 0 unspecified atom stereocenters. The maximum Gasteiger partial charge on any atom is 0.305 e. The van der Waals surface area contributed by atoms with E-state index in [0.29, 0.717) is 25.4 Å². The number of aromatic nitrogens is 4. The van der Waals surface area contributed by atoms with Gasteiger partial charge in [0, 0.05) is 37.0 Å². The molecule has 3 rings (SSSR count). The van der Waals surface area contributed by atoms with E-state index in [1.807, 2.05) is 12.1 Å². The number of nitrogens with one attached hydrogen (secondary N) is 1. The maximum absolute atomic E-state index is 12.0. The second-order valence-corrected chi connectivity index (χ2v) is 6.90. The maximum atomic E-state index is 12.0. The molecule has 26 heavy (non-hydrogen) atoms. The molecule has 1 aliphatic carbocycles. The van der Waals surface area contributed by atoms with Crippen molar-refractivity contribution < 1.29 is 14.3 Å². The summed E-state index contributed by atoms with van der Waals surface area (Å²) in [4.78, 5) is 27.1. The molecular formula is C17H21N5O3S. The lowest BCUT2D eigenvalue weighted by Gasteiger charge is -2.09. The Morgan fingerprint density at radius 3 is 2.77 bits per heavy atom. The van der Waals surface area contributed by atoms with Crippen LogP contribution in [0.1, 0.15) is 31.7 Å². The van der Waals surface area contributed by atoms with Gasteiger partial charge in [-0.15, -0.1) is 10.2 Å². The van der Waals surface area contributed by atoms with Crippen LogP contribution in [0.4, 0.5) is 0 Å². The normalized spacial score (nSPS) is 13.4. The van der Waals surface area contributed by atoms with Crippen molar-refractivity contribution in [3.05, 3.63) is 24.5 Å². The number of thioether (sulfide) groups is 1. The molecule has 0 spiro atoms. The van der Waals surface area contributed by atoms with Gasteiger partial charge in [0.15, 0.2) is 11.0 Å². The van der Waals surface area contributed by atoms with Crippen LogP contribution in [0.15, 0.2) is 29.7 Å². The number of hydrogen-bond acceptors (Lipinski definition) is 7. The molecule has 2 aromatic rings. The summed E-state index contributed by atoms with van der Waals surface area (Å²) < 4.78 is 6.68. The lowest BCUT2D eigenvalue weighted by molar-refractivity contribution is -0.140.